The number of nitrogens with zero attached hydrogens (tertiary/aromatic N) is 1. The number of anilines is 3. The molecule has 1 heteroatoms. The van der Waals surface area contributed by atoms with Crippen molar-refractivity contribution >= 4 is 17.1 Å². The summed E-state index contributed by atoms with van der Waals surface area (Å²) in [4.78, 5) is 2.50. The van der Waals surface area contributed by atoms with Crippen molar-refractivity contribution in [2.75, 3.05) is 4.90 Å². The van der Waals surface area contributed by atoms with E-state index in [1.54, 1.807) is 0 Å². The van der Waals surface area contributed by atoms with Crippen LogP contribution in [-0.4, -0.2) is 0 Å². The molecule has 0 heterocycles. The lowest BCUT2D eigenvalue weighted by Gasteiger charge is -2.37. The first-order valence-electron chi connectivity index (χ1n) is 18.9. The molecule has 0 aliphatic heterocycles. The topological polar surface area (TPSA) is 3.24 Å². The molecule has 48 heavy (non-hydrogen) atoms. The highest BCUT2D eigenvalue weighted by Gasteiger charge is 2.36. The summed E-state index contributed by atoms with van der Waals surface area (Å²) < 4.78 is 0. The summed E-state index contributed by atoms with van der Waals surface area (Å²) in [6.45, 7) is 4.74. The Hall–Kier alpha value is -4.10. The van der Waals surface area contributed by atoms with Gasteiger partial charge in [0.15, 0.2) is 0 Å². The van der Waals surface area contributed by atoms with Gasteiger partial charge in [-0.25, -0.2) is 0 Å². The van der Waals surface area contributed by atoms with E-state index in [0.717, 1.165) is 0 Å². The van der Waals surface area contributed by atoms with Crippen LogP contribution >= 0.6 is 0 Å². The first kappa shape index (κ1) is 31.2. The van der Waals surface area contributed by atoms with Crippen molar-refractivity contribution in [3.63, 3.8) is 0 Å². The molecule has 0 aromatic heterocycles. The molecule has 3 aliphatic carbocycles. The van der Waals surface area contributed by atoms with Gasteiger partial charge in [0.1, 0.15) is 0 Å². The minimum atomic E-state index is 0.00191. The summed E-state index contributed by atoms with van der Waals surface area (Å²) in [7, 11) is 0. The molecule has 8 rings (SSSR count). The predicted octanol–water partition coefficient (Wildman–Crippen LogP) is 13.5. The molecule has 2 fully saturated rings. The molecule has 1 nitrogen and oxygen atoms in total. The molecule has 5 aromatic carbocycles. The van der Waals surface area contributed by atoms with Crippen LogP contribution < -0.4 is 4.90 Å². The highest BCUT2D eigenvalue weighted by atomic mass is 15.1. The van der Waals surface area contributed by atoms with Crippen molar-refractivity contribution in [2.45, 2.75) is 108 Å². The fraction of sp³-hybridized carbons (Fsp3) is 0.362. The molecule has 0 radical (unpaired) electrons. The zero-order chi connectivity index (χ0) is 32.6. The quantitative estimate of drug-likeness (QED) is 0.181. The fourth-order valence-electron chi connectivity index (χ4n) is 9.57. The van der Waals surface area contributed by atoms with Crippen LogP contribution in [0.4, 0.5) is 17.1 Å². The van der Waals surface area contributed by atoms with Crippen molar-refractivity contribution in [3.8, 4) is 11.1 Å². The molecule has 3 aliphatic rings. The third-order valence-electron chi connectivity index (χ3n) is 12.3. The van der Waals surface area contributed by atoms with E-state index < -0.39 is 0 Å². The lowest BCUT2D eigenvalue weighted by molar-refractivity contribution is 0.366. The maximum absolute atomic E-state index is 2.50. The monoisotopic (exact) mass is 629 g/mol. The van der Waals surface area contributed by atoms with Crippen molar-refractivity contribution in [1.82, 2.24) is 0 Å². The van der Waals surface area contributed by atoms with E-state index in [1.165, 1.54) is 133 Å². The Morgan fingerprint density at radius 2 is 1.02 bits per heavy atom. The molecule has 0 N–H and O–H groups in total. The summed E-state index contributed by atoms with van der Waals surface area (Å²) in [5, 5.41) is 0. The highest BCUT2D eigenvalue weighted by molar-refractivity contribution is 5.86. The number of fused-ring (bicyclic) bond motifs is 3. The molecule has 0 spiro atoms. The van der Waals surface area contributed by atoms with E-state index in [9.17, 15) is 0 Å². The van der Waals surface area contributed by atoms with E-state index >= 15 is 0 Å². The lowest BCUT2D eigenvalue weighted by atomic mass is 9.67. The molecule has 0 saturated heterocycles. The molecule has 0 atom stereocenters. The summed E-state index contributed by atoms with van der Waals surface area (Å²) >= 11 is 0. The average Bonchev–Trinajstić information content (AvgIpc) is 3.36. The highest BCUT2D eigenvalue weighted by Crippen LogP contribution is 2.51. The van der Waals surface area contributed by atoms with Crippen LogP contribution in [0.15, 0.2) is 121 Å². The van der Waals surface area contributed by atoms with Crippen LogP contribution in [0, 0.1) is 0 Å². The lowest BCUT2D eigenvalue weighted by Crippen LogP contribution is -2.29. The second kappa shape index (κ2) is 13.1. The summed E-state index contributed by atoms with van der Waals surface area (Å²) in [6, 6.07) is 46.9. The maximum atomic E-state index is 2.50. The minimum absolute atomic E-state index is 0.00191. The predicted molar refractivity (Wildman–Crippen MR) is 204 cm³/mol. The van der Waals surface area contributed by atoms with E-state index in [1.807, 2.05) is 0 Å². The largest absolute Gasteiger partial charge is 0.310 e. The van der Waals surface area contributed by atoms with Gasteiger partial charge in [0.2, 0.25) is 0 Å². The summed E-state index contributed by atoms with van der Waals surface area (Å²) in [5.74, 6) is 0.706. The first-order chi connectivity index (χ1) is 23.5. The van der Waals surface area contributed by atoms with Crippen LogP contribution in [0.3, 0.4) is 0 Å². The smallest absolute Gasteiger partial charge is 0.0468 e. The van der Waals surface area contributed by atoms with Gasteiger partial charge in [-0.1, -0.05) is 150 Å². The van der Waals surface area contributed by atoms with Crippen molar-refractivity contribution < 1.29 is 0 Å². The molecular formula is C47H51N. The Morgan fingerprint density at radius 1 is 0.479 bits per heavy atom. The Labute approximate surface area is 289 Å². The van der Waals surface area contributed by atoms with Gasteiger partial charge in [0.25, 0.3) is 0 Å². The number of hydrogen-bond donors (Lipinski definition) is 0. The molecular weight excluding hydrogens is 579 g/mol. The number of hydrogen-bond acceptors (Lipinski definition) is 1. The van der Waals surface area contributed by atoms with Gasteiger partial charge in [-0.15, -0.1) is 0 Å². The molecule has 0 amide bonds. The van der Waals surface area contributed by atoms with Gasteiger partial charge in [-0.2, -0.15) is 0 Å². The van der Waals surface area contributed by atoms with Gasteiger partial charge in [0.05, 0.1) is 0 Å². The van der Waals surface area contributed by atoms with Gasteiger partial charge < -0.3 is 4.90 Å². The number of benzene rings is 5. The minimum Gasteiger partial charge on any atom is -0.310 e. The van der Waals surface area contributed by atoms with Crippen molar-refractivity contribution in [3.05, 3.63) is 149 Å². The SMILES string of the molecule is CC1(C)c2ccccc2-c2cc(N(c3ccc(C4CCCCC4)cc3)c3ccc(C4(c5ccccc5)CCCCCCC4)cc3)ccc21. The Bertz CT molecular complexity index is 1830. The van der Waals surface area contributed by atoms with Gasteiger partial charge >= 0.3 is 0 Å². The van der Waals surface area contributed by atoms with Crippen molar-refractivity contribution in [1.29, 1.82) is 0 Å². The van der Waals surface area contributed by atoms with Gasteiger partial charge in [-0.05, 0) is 107 Å². The van der Waals surface area contributed by atoms with Gasteiger partial charge in [-0.3, -0.25) is 0 Å². The van der Waals surface area contributed by atoms with Crippen LogP contribution in [0.1, 0.15) is 125 Å². The second-order valence-electron chi connectivity index (χ2n) is 15.4. The van der Waals surface area contributed by atoms with E-state index in [4.69, 9.17) is 0 Å². The fourth-order valence-corrected chi connectivity index (χ4v) is 9.57. The van der Waals surface area contributed by atoms with E-state index in [2.05, 4.69) is 140 Å². The number of rotatable bonds is 6. The molecule has 2 saturated carbocycles. The Balaban J connectivity index is 1.22. The van der Waals surface area contributed by atoms with Crippen LogP contribution in [0.5, 0.6) is 0 Å². The third kappa shape index (κ3) is 5.60. The Morgan fingerprint density at radius 3 is 1.73 bits per heavy atom. The second-order valence-corrected chi connectivity index (χ2v) is 15.4. The summed E-state index contributed by atoms with van der Waals surface area (Å²) in [5.41, 5.74) is 13.8. The standard InChI is InChI=1S/C47H51N/c1-46(2)44-21-13-12-20-42(44)43-34-41(30-31-45(43)46)48(39-26-22-36(23-27-39)35-16-8-6-9-17-35)40-28-24-38(25-29-40)47(37-18-10-7-11-19-37)32-14-4-3-5-15-33-47/h7,10-13,18-31,34-35H,3-6,8-9,14-17,32-33H2,1-2H3. The van der Waals surface area contributed by atoms with Crippen LogP contribution in [0.2, 0.25) is 0 Å². The zero-order valence-electron chi connectivity index (χ0n) is 29.1. The van der Waals surface area contributed by atoms with Crippen LogP contribution in [0.25, 0.3) is 11.1 Å². The van der Waals surface area contributed by atoms with Crippen molar-refractivity contribution in [2.24, 2.45) is 0 Å². The third-order valence-corrected chi connectivity index (χ3v) is 12.3. The van der Waals surface area contributed by atoms with E-state index in [0.29, 0.717) is 5.92 Å². The molecule has 0 unspecified atom stereocenters. The first-order valence-corrected chi connectivity index (χ1v) is 18.9. The van der Waals surface area contributed by atoms with Gasteiger partial charge in [0, 0.05) is 27.9 Å². The molecule has 0 bridgehead atoms. The normalized spacial score (nSPS) is 18.7. The summed E-state index contributed by atoms with van der Waals surface area (Å²) in [6.07, 6.45) is 15.9. The zero-order valence-corrected chi connectivity index (χ0v) is 29.1. The van der Waals surface area contributed by atoms with Crippen LogP contribution in [-0.2, 0) is 10.8 Å². The maximum Gasteiger partial charge on any atom is 0.0468 e. The molecule has 244 valence electrons. The molecule has 5 aromatic rings. The Kier molecular flexibility index (Phi) is 8.49. The average molecular weight is 630 g/mol. The van der Waals surface area contributed by atoms with E-state index in [-0.39, 0.29) is 10.8 Å².